The van der Waals surface area contributed by atoms with Gasteiger partial charge in [0.25, 0.3) is 5.91 Å². The van der Waals surface area contributed by atoms with Crippen molar-refractivity contribution in [2.24, 2.45) is 0 Å². The SMILES string of the molecule is Nc1cc(NC(=O)CF)ccc1Cl. The third-order valence-corrected chi connectivity index (χ3v) is 1.75. The van der Waals surface area contributed by atoms with E-state index in [1.54, 1.807) is 6.07 Å². The van der Waals surface area contributed by atoms with E-state index in [0.717, 1.165) is 0 Å². The van der Waals surface area contributed by atoms with Gasteiger partial charge in [0.1, 0.15) is 0 Å². The predicted molar refractivity (Wildman–Crippen MR) is 50.5 cm³/mol. The first-order valence-corrected chi connectivity index (χ1v) is 3.92. The molecule has 1 aromatic rings. The summed E-state index contributed by atoms with van der Waals surface area (Å²) in [5.41, 5.74) is 6.24. The lowest BCUT2D eigenvalue weighted by atomic mass is 10.3. The van der Waals surface area contributed by atoms with Crippen LogP contribution in [-0.2, 0) is 4.79 Å². The van der Waals surface area contributed by atoms with Gasteiger partial charge in [-0.1, -0.05) is 11.6 Å². The highest BCUT2D eigenvalue weighted by atomic mass is 35.5. The highest BCUT2D eigenvalue weighted by Gasteiger charge is 2.02. The topological polar surface area (TPSA) is 55.1 Å². The number of nitrogens with two attached hydrogens (primary N) is 1. The number of hydrogen-bond donors (Lipinski definition) is 2. The summed E-state index contributed by atoms with van der Waals surface area (Å²) in [6, 6.07) is 4.55. The molecule has 0 spiro atoms. The van der Waals surface area contributed by atoms with E-state index < -0.39 is 12.6 Å². The van der Waals surface area contributed by atoms with Gasteiger partial charge in [-0.05, 0) is 18.2 Å². The largest absolute Gasteiger partial charge is 0.397 e. The van der Waals surface area contributed by atoms with Crippen molar-refractivity contribution in [3.05, 3.63) is 23.2 Å². The standard InChI is InChI=1S/C8H8ClFN2O/c9-6-2-1-5(3-7(6)11)12-8(13)4-10/h1-3H,4,11H2,(H,12,13). The average Bonchev–Trinajstić information content (AvgIpc) is 2.11. The molecule has 0 atom stereocenters. The summed E-state index contributed by atoms with van der Waals surface area (Å²) in [5.74, 6) is -0.707. The minimum absolute atomic E-state index is 0.346. The van der Waals surface area contributed by atoms with Crippen LogP contribution >= 0.6 is 11.6 Å². The average molecular weight is 203 g/mol. The molecule has 0 heterocycles. The van der Waals surface area contributed by atoms with Gasteiger partial charge in [-0.2, -0.15) is 0 Å². The number of amides is 1. The molecule has 1 aromatic carbocycles. The quantitative estimate of drug-likeness (QED) is 0.719. The second-order valence-electron chi connectivity index (χ2n) is 2.42. The lowest BCUT2D eigenvalue weighted by Crippen LogP contribution is -2.13. The molecule has 0 unspecified atom stereocenters. The monoisotopic (exact) mass is 202 g/mol. The van der Waals surface area contributed by atoms with Crippen LogP contribution in [0.3, 0.4) is 0 Å². The Labute approximate surface area is 79.7 Å². The molecule has 0 aliphatic rings. The Morgan fingerprint density at radius 1 is 1.62 bits per heavy atom. The number of benzene rings is 1. The van der Waals surface area contributed by atoms with Gasteiger partial charge in [-0.25, -0.2) is 4.39 Å². The smallest absolute Gasteiger partial charge is 0.255 e. The molecule has 0 aliphatic heterocycles. The van der Waals surface area contributed by atoms with Gasteiger partial charge < -0.3 is 11.1 Å². The fraction of sp³-hybridized carbons (Fsp3) is 0.125. The third-order valence-electron chi connectivity index (χ3n) is 1.40. The van der Waals surface area contributed by atoms with Crippen molar-refractivity contribution in [3.8, 4) is 0 Å². The number of nitrogens with one attached hydrogen (secondary N) is 1. The van der Waals surface area contributed by atoms with E-state index in [9.17, 15) is 9.18 Å². The van der Waals surface area contributed by atoms with Crippen LogP contribution < -0.4 is 11.1 Å². The Kier molecular flexibility index (Phi) is 3.08. The van der Waals surface area contributed by atoms with Crippen molar-refractivity contribution in [3.63, 3.8) is 0 Å². The van der Waals surface area contributed by atoms with E-state index >= 15 is 0 Å². The predicted octanol–water partition coefficient (Wildman–Crippen LogP) is 1.83. The van der Waals surface area contributed by atoms with Crippen LogP contribution in [-0.4, -0.2) is 12.6 Å². The number of carbonyl (C=O) groups excluding carboxylic acids is 1. The summed E-state index contributed by atoms with van der Waals surface area (Å²) in [7, 11) is 0. The van der Waals surface area contributed by atoms with Gasteiger partial charge in [0.05, 0.1) is 10.7 Å². The summed E-state index contributed by atoms with van der Waals surface area (Å²) in [6.07, 6.45) is 0. The van der Waals surface area contributed by atoms with Crippen LogP contribution in [0.2, 0.25) is 5.02 Å². The van der Waals surface area contributed by atoms with E-state index in [4.69, 9.17) is 17.3 Å². The third kappa shape index (κ3) is 2.59. The molecule has 0 saturated carbocycles. The molecule has 1 amide bonds. The van der Waals surface area contributed by atoms with E-state index in [0.29, 0.717) is 16.4 Å². The van der Waals surface area contributed by atoms with Gasteiger partial charge in [0.2, 0.25) is 0 Å². The number of halogens is 2. The first-order chi connectivity index (χ1) is 6.13. The van der Waals surface area contributed by atoms with Crippen molar-refractivity contribution in [2.75, 3.05) is 17.7 Å². The maximum Gasteiger partial charge on any atom is 0.255 e. The second-order valence-corrected chi connectivity index (χ2v) is 2.83. The van der Waals surface area contributed by atoms with E-state index in [1.807, 2.05) is 0 Å². The normalized spacial score (nSPS) is 9.69. The van der Waals surface area contributed by atoms with Crippen LogP contribution in [0.1, 0.15) is 0 Å². The van der Waals surface area contributed by atoms with E-state index in [-0.39, 0.29) is 0 Å². The number of carbonyl (C=O) groups is 1. The first kappa shape index (κ1) is 9.80. The Bertz CT molecular complexity index is 330. The summed E-state index contributed by atoms with van der Waals surface area (Å²) < 4.78 is 11.8. The molecule has 70 valence electrons. The molecule has 0 aliphatic carbocycles. The van der Waals surface area contributed by atoms with Crippen molar-refractivity contribution >= 4 is 28.9 Å². The van der Waals surface area contributed by atoms with Gasteiger partial charge in [0.15, 0.2) is 6.67 Å². The Balaban J connectivity index is 2.79. The summed E-state index contributed by atoms with van der Waals surface area (Å²) in [5, 5.41) is 2.71. The highest BCUT2D eigenvalue weighted by Crippen LogP contribution is 2.22. The fourth-order valence-corrected chi connectivity index (χ4v) is 0.933. The minimum Gasteiger partial charge on any atom is -0.397 e. The molecule has 0 aromatic heterocycles. The molecule has 0 fully saturated rings. The molecular weight excluding hydrogens is 195 g/mol. The van der Waals surface area contributed by atoms with E-state index in [1.165, 1.54) is 12.1 Å². The lowest BCUT2D eigenvalue weighted by Gasteiger charge is -2.04. The van der Waals surface area contributed by atoms with Crippen LogP contribution in [0.25, 0.3) is 0 Å². The number of nitrogen functional groups attached to an aromatic ring is 1. The van der Waals surface area contributed by atoms with Gasteiger partial charge >= 0.3 is 0 Å². The van der Waals surface area contributed by atoms with Gasteiger partial charge in [-0.3, -0.25) is 4.79 Å². The van der Waals surface area contributed by atoms with Crippen LogP contribution in [0, 0.1) is 0 Å². The second kappa shape index (κ2) is 4.09. The number of anilines is 2. The van der Waals surface area contributed by atoms with Crippen LogP contribution in [0.5, 0.6) is 0 Å². The van der Waals surface area contributed by atoms with Gasteiger partial charge in [-0.15, -0.1) is 0 Å². The molecule has 5 heteroatoms. The minimum atomic E-state index is -1.05. The Hall–Kier alpha value is -1.29. The molecule has 1 rings (SSSR count). The molecule has 13 heavy (non-hydrogen) atoms. The van der Waals surface area contributed by atoms with Crippen LogP contribution in [0.4, 0.5) is 15.8 Å². The number of alkyl halides is 1. The summed E-state index contributed by atoms with van der Waals surface area (Å²) in [6.45, 7) is -1.05. The lowest BCUT2D eigenvalue weighted by molar-refractivity contribution is -0.117. The molecule has 0 saturated heterocycles. The molecular formula is C8H8ClFN2O. The summed E-state index contributed by atoms with van der Waals surface area (Å²) >= 11 is 5.64. The Morgan fingerprint density at radius 3 is 2.85 bits per heavy atom. The number of rotatable bonds is 2. The zero-order chi connectivity index (χ0) is 9.84. The highest BCUT2D eigenvalue weighted by molar-refractivity contribution is 6.33. The molecule has 0 radical (unpaired) electrons. The first-order valence-electron chi connectivity index (χ1n) is 3.54. The maximum absolute atomic E-state index is 11.8. The molecule has 0 bridgehead atoms. The zero-order valence-corrected chi connectivity index (χ0v) is 7.44. The van der Waals surface area contributed by atoms with Crippen molar-refractivity contribution in [1.82, 2.24) is 0 Å². The summed E-state index contributed by atoms with van der Waals surface area (Å²) in [4.78, 5) is 10.6. The fourth-order valence-electron chi connectivity index (χ4n) is 0.816. The molecule has 3 N–H and O–H groups in total. The number of hydrogen-bond acceptors (Lipinski definition) is 2. The van der Waals surface area contributed by atoms with Gasteiger partial charge in [0, 0.05) is 5.69 Å². The van der Waals surface area contributed by atoms with Crippen molar-refractivity contribution in [1.29, 1.82) is 0 Å². The maximum atomic E-state index is 11.8. The zero-order valence-electron chi connectivity index (χ0n) is 6.68. The van der Waals surface area contributed by atoms with Crippen LogP contribution in [0.15, 0.2) is 18.2 Å². The molecule has 3 nitrogen and oxygen atoms in total. The Morgan fingerprint density at radius 2 is 2.31 bits per heavy atom. The van der Waals surface area contributed by atoms with Crippen molar-refractivity contribution < 1.29 is 9.18 Å². The van der Waals surface area contributed by atoms with E-state index in [2.05, 4.69) is 5.32 Å². The van der Waals surface area contributed by atoms with Crippen molar-refractivity contribution in [2.45, 2.75) is 0 Å².